The van der Waals surface area contributed by atoms with Gasteiger partial charge in [0.2, 0.25) is 0 Å². The van der Waals surface area contributed by atoms with E-state index in [1.807, 2.05) is 0 Å². The average molecular weight is 150 g/mol. The Balaban J connectivity index is 0. The van der Waals surface area contributed by atoms with Crippen LogP contribution < -0.4 is 0 Å². The topological polar surface area (TPSA) is 72.8 Å². The SMILES string of the molecule is COC(=O)O.COC(C)=O. The maximum atomic E-state index is 9.59. The first-order chi connectivity index (χ1) is 4.54. The first-order valence-corrected chi connectivity index (χ1v) is 2.36. The van der Waals surface area contributed by atoms with Gasteiger partial charge in [-0.25, -0.2) is 4.79 Å². The van der Waals surface area contributed by atoms with Crippen LogP contribution in [0.25, 0.3) is 0 Å². The van der Waals surface area contributed by atoms with Crippen molar-refractivity contribution in [2.24, 2.45) is 0 Å². The molecule has 0 saturated heterocycles. The molecule has 0 radical (unpaired) electrons. The Morgan fingerprint density at radius 2 is 1.40 bits per heavy atom. The summed E-state index contributed by atoms with van der Waals surface area (Å²) in [6.07, 6.45) is -1.25. The molecule has 10 heavy (non-hydrogen) atoms. The van der Waals surface area contributed by atoms with Crippen LogP contribution in [-0.4, -0.2) is 31.5 Å². The number of esters is 1. The number of rotatable bonds is 0. The maximum absolute atomic E-state index is 9.59. The minimum atomic E-state index is -1.25. The van der Waals surface area contributed by atoms with Gasteiger partial charge in [-0.3, -0.25) is 4.79 Å². The Morgan fingerprint density at radius 3 is 1.40 bits per heavy atom. The number of carboxylic acid groups (broad SMARTS) is 1. The molecule has 0 rings (SSSR count). The number of hydrogen-bond donors (Lipinski definition) is 1. The molecule has 0 spiro atoms. The molecule has 0 aromatic rings. The summed E-state index contributed by atoms with van der Waals surface area (Å²) in [7, 11) is 2.45. The van der Waals surface area contributed by atoms with E-state index in [9.17, 15) is 4.79 Å². The van der Waals surface area contributed by atoms with Crippen LogP contribution in [0.2, 0.25) is 0 Å². The van der Waals surface area contributed by atoms with E-state index in [1.54, 1.807) is 0 Å². The van der Waals surface area contributed by atoms with Crippen molar-refractivity contribution < 1.29 is 24.2 Å². The van der Waals surface area contributed by atoms with Crippen molar-refractivity contribution in [2.75, 3.05) is 14.2 Å². The number of ether oxygens (including phenoxy) is 2. The average Bonchev–Trinajstić information content (AvgIpc) is 1.89. The van der Waals surface area contributed by atoms with Crippen molar-refractivity contribution >= 4 is 12.1 Å². The van der Waals surface area contributed by atoms with E-state index >= 15 is 0 Å². The van der Waals surface area contributed by atoms with Crippen LogP contribution in [0, 0.1) is 0 Å². The molecular weight excluding hydrogens is 140 g/mol. The molecule has 0 fully saturated rings. The Labute approximate surface area is 58.5 Å². The summed E-state index contributed by atoms with van der Waals surface area (Å²) < 4.78 is 7.78. The fourth-order valence-corrected chi connectivity index (χ4v) is 0. The molecule has 60 valence electrons. The molecule has 0 saturated carbocycles. The Kier molecular flexibility index (Phi) is 8.92. The molecule has 0 aliphatic heterocycles. The van der Waals surface area contributed by atoms with Crippen molar-refractivity contribution in [3.05, 3.63) is 0 Å². The van der Waals surface area contributed by atoms with Crippen LogP contribution in [-0.2, 0) is 14.3 Å². The summed E-state index contributed by atoms with van der Waals surface area (Å²) in [6.45, 7) is 1.36. The van der Waals surface area contributed by atoms with Gasteiger partial charge in [0.05, 0.1) is 14.2 Å². The van der Waals surface area contributed by atoms with Gasteiger partial charge in [-0.1, -0.05) is 0 Å². The first-order valence-electron chi connectivity index (χ1n) is 2.36. The molecular formula is C5H10O5. The number of carbonyl (C=O) groups is 2. The highest BCUT2D eigenvalue weighted by Gasteiger charge is 1.80. The second-order valence-electron chi connectivity index (χ2n) is 1.17. The van der Waals surface area contributed by atoms with Crippen LogP contribution in [0.1, 0.15) is 6.92 Å². The van der Waals surface area contributed by atoms with Crippen LogP contribution in [0.4, 0.5) is 4.79 Å². The van der Waals surface area contributed by atoms with E-state index in [1.165, 1.54) is 14.0 Å². The Morgan fingerprint density at radius 1 is 1.20 bits per heavy atom. The van der Waals surface area contributed by atoms with Crippen LogP contribution in [0.3, 0.4) is 0 Å². The van der Waals surface area contributed by atoms with E-state index in [-0.39, 0.29) is 5.97 Å². The van der Waals surface area contributed by atoms with E-state index in [4.69, 9.17) is 9.90 Å². The lowest BCUT2D eigenvalue weighted by Crippen LogP contribution is -1.91. The number of hydrogen-bond acceptors (Lipinski definition) is 4. The molecule has 0 aromatic carbocycles. The Hall–Kier alpha value is -1.26. The van der Waals surface area contributed by atoms with Crippen LogP contribution in [0.15, 0.2) is 0 Å². The summed E-state index contributed by atoms with van der Waals surface area (Å²) in [5.74, 6) is -0.245. The van der Waals surface area contributed by atoms with Crippen molar-refractivity contribution in [3.8, 4) is 0 Å². The largest absolute Gasteiger partial charge is 0.505 e. The summed E-state index contributed by atoms with van der Waals surface area (Å²) >= 11 is 0. The first kappa shape index (κ1) is 11.5. The minimum Gasteiger partial charge on any atom is -0.469 e. The quantitative estimate of drug-likeness (QED) is 0.509. The molecule has 0 atom stereocenters. The summed E-state index contributed by atoms with van der Waals surface area (Å²) in [4.78, 5) is 18.7. The summed E-state index contributed by atoms with van der Waals surface area (Å²) in [6, 6.07) is 0. The van der Waals surface area contributed by atoms with Gasteiger partial charge in [0.1, 0.15) is 0 Å². The lowest BCUT2D eigenvalue weighted by molar-refractivity contribution is -0.137. The molecule has 0 amide bonds. The van der Waals surface area contributed by atoms with Gasteiger partial charge in [-0.2, -0.15) is 0 Å². The van der Waals surface area contributed by atoms with Crippen molar-refractivity contribution in [3.63, 3.8) is 0 Å². The maximum Gasteiger partial charge on any atom is 0.505 e. The van der Waals surface area contributed by atoms with Gasteiger partial charge in [0.15, 0.2) is 0 Å². The number of methoxy groups -OCH3 is 2. The van der Waals surface area contributed by atoms with Crippen molar-refractivity contribution in [1.29, 1.82) is 0 Å². The smallest absolute Gasteiger partial charge is 0.469 e. The third-order valence-electron chi connectivity index (χ3n) is 0.462. The molecule has 0 aliphatic carbocycles. The van der Waals surface area contributed by atoms with E-state index in [0.29, 0.717) is 0 Å². The van der Waals surface area contributed by atoms with E-state index in [0.717, 1.165) is 7.11 Å². The van der Waals surface area contributed by atoms with Gasteiger partial charge in [-0.05, 0) is 0 Å². The third kappa shape index (κ3) is 29.6. The van der Waals surface area contributed by atoms with Crippen LogP contribution in [0.5, 0.6) is 0 Å². The molecule has 0 unspecified atom stereocenters. The zero-order valence-corrected chi connectivity index (χ0v) is 6.08. The predicted molar refractivity (Wildman–Crippen MR) is 32.7 cm³/mol. The summed E-state index contributed by atoms with van der Waals surface area (Å²) in [5, 5.41) is 7.50. The van der Waals surface area contributed by atoms with E-state index < -0.39 is 6.16 Å². The lowest BCUT2D eigenvalue weighted by atomic mass is 10.8. The molecule has 5 nitrogen and oxygen atoms in total. The molecule has 1 N–H and O–H groups in total. The highest BCUT2D eigenvalue weighted by atomic mass is 16.6. The second kappa shape index (κ2) is 7.74. The fourth-order valence-electron chi connectivity index (χ4n) is 0. The highest BCUT2D eigenvalue weighted by molar-refractivity contribution is 5.65. The normalized spacial score (nSPS) is 6.70. The highest BCUT2D eigenvalue weighted by Crippen LogP contribution is 1.60. The minimum absolute atomic E-state index is 0.245. The molecule has 0 aromatic heterocycles. The zero-order valence-electron chi connectivity index (χ0n) is 6.08. The van der Waals surface area contributed by atoms with Crippen molar-refractivity contribution in [2.45, 2.75) is 6.92 Å². The van der Waals surface area contributed by atoms with Gasteiger partial charge in [-0.15, -0.1) is 0 Å². The zero-order chi connectivity index (χ0) is 8.57. The molecule has 0 bridgehead atoms. The van der Waals surface area contributed by atoms with Gasteiger partial charge < -0.3 is 14.6 Å². The van der Waals surface area contributed by atoms with Crippen molar-refractivity contribution in [1.82, 2.24) is 0 Å². The van der Waals surface area contributed by atoms with Crippen LogP contribution >= 0.6 is 0 Å². The molecule has 5 heteroatoms. The van der Waals surface area contributed by atoms with E-state index in [2.05, 4.69) is 9.47 Å². The third-order valence-corrected chi connectivity index (χ3v) is 0.462. The predicted octanol–water partition coefficient (Wildman–Crippen LogP) is 0.490. The lowest BCUT2D eigenvalue weighted by Gasteiger charge is -1.80. The summed E-state index contributed by atoms with van der Waals surface area (Å²) in [5.41, 5.74) is 0. The molecule has 0 heterocycles. The fraction of sp³-hybridized carbons (Fsp3) is 0.600. The Bertz CT molecular complexity index is 94.6. The van der Waals surface area contributed by atoms with Gasteiger partial charge in [0.25, 0.3) is 0 Å². The standard InChI is InChI=1S/C3H6O2.C2H4O3/c1-3(4)5-2;1-5-2(3)4/h1-2H3;1H3,(H,3,4). The monoisotopic (exact) mass is 150 g/mol. The van der Waals surface area contributed by atoms with Gasteiger partial charge in [0, 0.05) is 6.92 Å². The number of carbonyl (C=O) groups excluding carboxylic acids is 1. The second-order valence-corrected chi connectivity index (χ2v) is 1.17. The van der Waals surface area contributed by atoms with Gasteiger partial charge >= 0.3 is 12.1 Å². The molecule has 0 aliphatic rings.